The van der Waals surface area contributed by atoms with E-state index in [9.17, 15) is 8.78 Å². The Kier molecular flexibility index (Phi) is 2.85. The first-order chi connectivity index (χ1) is 6.98. The normalized spacial score (nSPS) is 19.6. The Morgan fingerprint density at radius 2 is 2.27 bits per heavy atom. The Bertz CT molecular complexity index is 386. The molecule has 2 heterocycles. The molecule has 0 bridgehead atoms. The fourth-order valence-corrected chi connectivity index (χ4v) is 2.31. The maximum Gasteiger partial charge on any atom is 0.266 e. The molecule has 2 rings (SSSR count). The second kappa shape index (κ2) is 3.87. The highest BCUT2D eigenvalue weighted by Gasteiger charge is 2.39. The van der Waals surface area contributed by atoms with Gasteiger partial charge in [-0.3, -0.25) is 0 Å². The molecular formula is C9H8BrClF2N2. The van der Waals surface area contributed by atoms with Gasteiger partial charge in [0.05, 0.1) is 11.6 Å². The summed E-state index contributed by atoms with van der Waals surface area (Å²) >= 11 is 9.14. The van der Waals surface area contributed by atoms with Gasteiger partial charge in [0.2, 0.25) is 0 Å². The molecule has 0 radical (unpaired) electrons. The van der Waals surface area contributed by atoms with Crippen molar-refractivity contribution >= 4 is 33.3 Å². The van der Waals surface area contributed by atoms with E-state index in [2.05, 4.69) is 20.9 Å². The summed E-state index contributed by atoms with van der Waals surface area (Å²) in [5.74, 6) is -2.20. The molecule has 1 fully saturated rings. The van der Waals surface area contributed by atoms with Crippen LogP contribution in [0, 0.1) is 0 Å². The van der Waals surface area contributed by atoms with E-state index in [1.54, 1.807) is 12.3 Å². The van der Waals surface area contributed by atoms with Crippen molar-refractivity contribution < 1.29 is 8.78 Å². The first-order valence-corrected chi connectivity index (χ1v) is 5.59. The van der Waals surface area contributed by atoms with Crippen molar-refractivity contribution in [3.8, 4) is 0 Å². The van der Waals surface area contributed by atoms with Crippen LogP contribution in [0.4, 0.5) is 14.6 Å². The molecule has 0 aromatic carbocycles. The van der Waals surface area contributed by atoms with Crippen molar-refractivity contribution in [1.29, 1.82) is 0 Å². The van der Waals surface area contributed by atoms with Crippen molar-refractivity contribution in [1.82, 2.24) is 4.98 Å². The third-order valence-electron chi connectivity index (χ3n) is 2.26. The summed E-state index contributed by atoms with van der Waals surface area (Å²) < 4.78 is 26.7. The Balaban J connectivity index is 2.24. The van der Waals surface area contributed by atoms with Gasteiger partial charge in [-0.15, -0.1) is 0 Å². The maximum atomic E-state index is 13.0. The summed E-state index contributed by atoms with van der Waals surface area (Å²) in [5.41, 5.74) is 0. The number of pyridine rings is 1. The van der Waals surface area contributed by atoms with Gasteiger partial charge in [-0.2, -0.15) is 0 Å². The van der Waals surface area contributed by atoms with Gasteiger partial charge in [-0.25, -0.2) is 13.8 Å². The average Bonchev–Trinajstić information content (AvgIpc) is 2.46. The van der Waals surface area contributed by atoms with Crippen LogP contribution in [0.2, 0.25) is 5.02 Å². The zero-order valence-corrected chi connectivity index (χ0v) is 10.0. The topological polar surface area (TPSA) is 16.1 Å². The van der Waals surface area contributed by atoms with Crippen LogP contribution in [0.1, 0.15) is 6.42 Å². The lowest BCUT2D eigenvalue weighted by atomic mass is 10.3. The van der Waals surface area contributed by atoms with Gasteiger partial charge in [0.1, 0.15) is 5.82 Å². The summed E-state index contributed by atoms with van der Waals surface area (Å²) in [6.07, 6.45) is 1.42. The number of rotatable bonds is 1. The van der Waals surface area contributed by atoms with Crippen molar-refractivity contribution in [3.63, 3.8) is 0 Å². The molecule has 1 aliphatic rings. The fraction of sp³-hybridized carbons (Fsp3) is 0.444. The smallest absolute Gasteiger partial charge is 0.266 e. The number of hydrogen-bond donors (Lipinski definition) is 0. The van der Waals surface area contributed by atoms with Gasteiger partial charge in [-0.1, -0.05) is 11.6 Å². The monoisotopic (exact) mass is 296 g/mol. The highest BCUT2D eigenvalue weighted by molar-refractivity contribution is 9.10. The van der Waals surface area contributed by atoms with Crippen molar-refractivity contribution in [3.05, 3.63) is 21.8 Å². The quantitative estimate of drug-likeness (QED) is 0.790. The second-order valence-corrected chi connectivity index (χ2v) is 4.81. The van der Waals surface area contributed by atoms with Crippen LogP contribution in [0.5, 0.6) is 0 Å². The largest absolute Gasteiger partial charge is 0.349 e. The van der Waals surface area contributed by atoms with Gasteiger partial charge in [0.25, 0.3) is 5.92 Å². The first kappa shape index (κ1) is 11.1. The third-order valence-corrected chi connectivity index (χ3v) is 2.97. The molecule has 82 valence electrons. The molecule has 0 aliphatic carbocycles. The van der Waals surface area contributed by atoms with Gasteiger partial charge < -0.3 is 4.90 Å². The Hall–Kier alpha value is -0.420. The van der Waals surface area contributed by atoms with E-state index < -0.39 is 5.92 Å². The molecule has 0 N–H and O–H groups in total. The summed E-state index contributed by atoms with van der Waals surface area (Å²) in [6, 6.07) is 1.65. The van der Waals surface area contributed by atoms with E-state index in [4.69, 9.17) is 11.6 Å². The van der Waals surface area contributed by atoms with Gasteiger partial charge in [0.15, 0.2) is 0 Å². The van der Waals surface area contributed by atoms with E-state index in [0.29, 0.717) is 17.4 Å². The molecular weight excluding hydrogens is 289 g/mol. The van der Waals surface area contributed by atoms with Crippen LogP contribution in [-0.4, -0.2) is 24.0 Å². The number of aromatic nitrogens is 1. The van der Waals surface area contributed by atoms with Crippen LogP contribution < -0.4 is 4.90 Å². The lowest BCUT2D eigenvalue weighted by molar-refractivity contribution is 0.0257. The predicted octanol–water partition coefficient (Wildman–Crippen LogP) is 3.34. The van der Waals surface area contributed by atoms with Crippen LogP contribution >= 0.6 is 27.5 Å². The fourth-order valence-electron chi connectivity index (χ4n) is 1.56. The van der Waals surface area contributed by atoms with Crippen LogP contribution in [-0.2, 0) is 0 Å². The molecule has 6 heteroatoms. The third kappa shape index (κ3) is 2.39. The molecule has 1 aliphatic heterocycles. The molecule has 1 aromatic rings. The molecule has 0 spiro atoms. The van der Waals surface area contributed by atoms with Crippen molar-refractivity contribution in [2.45, 2.75) is 12.3 Å². The number of halogens is 4. The molecule has 1 saturated heterocycles. The number of alkyl halides is 2. The SMILES string of the molecule is FC1(F)CCN(c2ncc(Br)cc2Cl)C1. The zero-order chi connectivity index (χ0) is 11.1. The Labute approximate surface area is 99.4 Å². The number of hydrogen-bond acceptors (Lipinski definition) is 2. The van der Waals surface area contributed by atoms with Crippen LogP contribution in [0.3, 0.4) is 0 Å². The molecule has 0 atom stereocenters. The van der Waals surface area contributed by atoms with Crippen LogP contribution in [0.25, 0.3) is 0 Å². The summed E-state index contributed by atoms with van der Waals surface area (Å²) in [6.45, 7) is -0.0112. The maximum absolute atomic E-state index is 13.0. The lowest BCUT2D eigenvalue weighted by Gasteiger charge is -2.18. The van der Waals surface area contributed by atoms with E-state index in [0.717, 1.165) is 4.47 Å². The van der Waals surface area contributed by atoms with Crippen molar-refractivity contribution in [2.24, 2.45) is 0 Å². The van der Waals surface area contributed by atoms with Crippen molar-refractivity contribution in [2.75, 3.05) is 18.0 Å². The standard InChI is InChI=1S/C9H8BrClF2N2/c10-6-3-7(11)8(14-4-6)15-2-1-9(12,13)5-15/h3-4H,1-2,5H2. The minimum Gasteiger partial charge on any atom is -0.349 e. The second-order valence-electron chi connectivity index (χ2n) is 3.49. The highest BCUT2D eigenvalue weighted by atomic mass is 79.9. The minimum atomic E-state index is -2.63. The summed E-state index contributed by atoms with van der Waals surface area (Å²) in [5, 5.41) is 0.391. The first-order valence-electron chi connectivity index (χ1n) is 4.42. The summed E-state index contributed by atoms with van der Waals surface area (Å²) in [7, 11) is 0. The lowest BCUT2D eigenvalue weighted by Crippen LogP contribution is -2.25. The van der Waals surface area contributed by atoms with E-state index in [1.165, 1.54) is 4.90 Å². The Morgan fingerprint density at radius 1 is 1.53 bits per heavy atom. The molecule has 2 nitrogen and oxygen atoms in total. The van der Waals surface area contributed by atoms with Gasteiger partial charge in [-0.05, 0) is 22.0 Å². The van der Waals surface area contributed by atoms with E-state index >= 15 is 0 Å². The predicted molar refractivity (Wildman–Crippen MR) is 58.7 cm³/mol. The molecule has 0 saturated carbocycles. The minimum absolute atomic E-state index is 0.138. The van der Waals surface area contributed by atoms with Crippen LogP contribution in [0.15, 0.2) is 16.7 Å². The van der Waals surface area contributed by atoms with E-state index in [-0.39, 0.29) is 13.0 Å². The molecule has 1 aromatic heterocycles. The highest BCUT2D eigenvalue weighted by Crippen LogP contribution is 2.34. The molecule has 0 unspecified atom stereocenters. The van der Waals surface area contributed by atoms with Gasteiger partial charge in [0, 0.05) is 23.6 Å². The number of anilines is 1. The van der Waals surface area contributed by atoms with E-state index in [1.807, 2.05) is 0 Å². The Morgan fingerprint density at radius 3 is 2.80 bits per heavy atom. The summed E-state index contributed by atoms with van der Waals surface area (Å²) in [4.78, 5) is 5.55. The number of nitrogens with zero attached hydrogens (tertiary/aromatic N) is 2. The molecule has 0 amide bonds. The molecule has 15 heavy (non-hydrogen) atoms. The van der Waals surface area contributed by atoms with Gasteiger partial charge >= 0.3 is 0 Å². The average molecular weight is 298 g/mol. The zero-order valence-electron chi connectivity index (χ0n) is 7.68.